The van der Waals surface area contributed by atoms with E-state index in [1.54, 1.807) is 7.11 Å². The van der Waals surface area contributed by atoms with Crippen molar-refractivity contribution < 1.29 is 4.74 Å². The van der Waals surface area contributed by atoms with E-state index < -0.39 is 0 Å². The van der Waals surface area contributed by atoms with Crippen molar-refractivity contribution >= 4 is 0 Å². The number of methoxy groups -OCH3 is 1. The first-order valence-electron chi connectivity index (χ1n) is 5.60. The molecule has 0 amide bonds. The van der Waals surface area contributed by atoms with Crippen molar-refractivity contribution in [2.45, 2.75) is 25.7 Å². The Hall–Kier alpha value is -0.120. The van der Waals surface area contributed by atoms with Crippen molar-refractivity contribution in [2.75, 3.05) is 40.4 Å². The van der Waals surface area contributed by atoms with Crippen molar-refractivity contribution in [1.29, 1.82) is 0 Å². The molecule has 0 unspecified atom stereocenters. The minimum absolute atomic E-state index is 0.580. The number of ether oxygens (including phenoxy) is 1. The van der Waals surface area contributed by atoms with E-state index in [2.05, 4.69) is 11.9 Å². The van der Waals surface area contributed by atoms with Gasteiger partial charge in [0, 0.05) is 26.8 Å². The summed E-state index contributed by atoms with van der Waals surface area (Å²) in [6, 6.07) is 0. The maximum atomic E-state index is 5.61. The molecule has 0 heterocycles. The summed E-state index contributed by atoms with van der Waals surface area (Å²) in [5.41, 5.74) is 6.19. The molecule has 0 aromatic rings. The van der Waals surface area contributed by atoms with Gasteiger partial charge in [-0.15, -0.1) is 0 Å². The van der Waals surface area contributed by atoms with Crippen LogP contribution in [0.25, 0.3) is 0 Å². The maximum Gasteiger partial charge on any atom is 0.0474 e. The summed E-state index contributed by atoms with van der Waals surface area (Å²) >= 11 is 0. The van der Waals surface area contributed by atoms with Gasteiger partial charge in [-0.3, -0.25) is 0 Å². The third-order valence-electron chi connectivity index (χ3n) is 3.13. The molecule has 0 saturated heterocycles. The molecule has 0 spiro atoms. The van der Waals surface area contributed by atoms with E-state index in [1.807, 2.05) is 0 Å². The summed E-state index contributed by atoms with van der Waals surface area (Å²) in [6.07, 6.45) is 5.07. The zero-order valence-corrected chi connectivity index (χ0v) is 9.59. The van der Waals surface area contributed by atoms with Crippen LogP contribution in [0, 0.1) is 5.41 Å². The van der Waals surface area contributed by atoms with Crippen molar-refractivity contribution in [2.24, 2.45) is 11.1 Å². The van der Waals surface area contributed by atoms with Gasteiger partial charge in [0.25, 0.3) is 0 Å². The van der Waals surface area contributed by atoms with Gasteiger partial charge in [-0.2, -0.15) is 0 Å². The summed E-state index contributed by atoms with van der Waals surface area (Å²) in [5.74, 6) is 0. The molecule has 84 valence electrons. The highest BCUT2D eigenvalue weighted by Crippen LogP contribution is 2.48. The Balaban J connectivity index is 2.10. The van der Waals surface area contributed by atoms with Crippen LogP contribution in [0.3, 0.4) is 0 Å². The summed E-state index contributed by atoms with van der Waals surface area (Å²) in [7, 11) is 3.96. The molecule has 1 rings (SSSR count). The van der Waals surface area contributed by atoms with Crippen LogP contribution in [0.5, 0.6) is 0 Å². The van der Waals surface area contributed by atoms with Crippen LogP contribution < -0.4 is 5.73 Å². The van der Waals surface area contributed by atoms with E-state index >= 15 is 0 Å². The highest BCUT2D eigenvalue weighted by atomic mass is 16.5. The SMILES string of the molecule is COCCCN(C)CC1(CCN)CC1. The van der Waals surface area contributed by atoms with Gasteiger partial charge in [-0.25, -0.2) is 0 Å². The first kappa shape index (κ1) is 12.0. The smallest absolute Gasteiger partial charge is 0.0474 e. The summed E-state index contributed by atoms with van der Waals surface area (Å²) in [5, 5.41) is 0. The molecule has 0 bridgehead atoms. The van der Waals surface area contributed by atoms with Crippen molar-refractivity contribution in [3.63, 3.8) is 0 Å². The quantitative estimate of drug-likeness (QED) is 0.596. The predicted octanol–water partition coefficient (Wildman–Crippen LogP) is 1.08. The Morgan fingerprint density at radius 1 is 1.43 bits per heavy atom. The minimum Gasteiger partial charge on any atom is -0.385 e. The predicted molar refractivity (Wildman–Crippen MR) is 59.3 cm³/mol. The first-order valence-corrected chi connectivity index (χ1v) is 5.60. The largest absolute Gasteiger partial charge is 0.385 e. The topological polar surface area (TPSA) is 38.5 Å². The fourth-order valence-corrected chi connectivity index (χ4v) is 2.10. The number of rotatable bonds is 8. The van der Waals surface area contributed by atoms with Gasteiger partial charge >= 0.3 is 0 Å². The molecule has 1 aliphatic carbocycles. The molecular weight excluding hydrogens is 176 g/mol. The van der Waals surface area contributed by atoms with Gasteiger partial charge in [-0.1, -0.05) is 0 Å². The second-order valence-corrected chi connectivity index (χ2v) is 4.62. The normalized spacial score (nSPS) is 18.9. The van der Waals surface area contributed by atoms with E-state index in [4.69, 9.17) is 10.5 Å². The van der Waals surface area contributed by atoms with E-state index in [0.29, 0.717) is 5.41 Å². The standard InChI is InChI=1S/C11H24N2O/c1-13(8-3-9-14-2)10-11(4-5-11)6-7-12/h3-10,12H2,1-2H3. The van der Waals surface area contributed by atoms with E-state index in [9.17, 15) is 0 Å². The lowest BCUT2D eigenvalue weighted by atomic mass is 10.0. The average molecular weight is 200 g/mol. The lowest BCUT2D eigenvalue weighted by Gasteiger charge is -2.23. The molecule has 0 radical (unpaired) electrons. The summed E-state index contributed by atoms with van der Waals surface area (Å²) < 4.78 is 5.04. The molecule has 1 fully saturated rings. The van der Waals surface area contributed by atoms with E-state index in [0.717, 1.165) is 26.1 Å². The second kappa shape index (κ2) is 5.69. The second-order valence-electron chi connectivity index (χ2n) is 4.62. The molecular formula is C11H24N2O. The number of nitrogens with zero attached hydrogens (tertiary/aromatic N) is 1. The van der Waals surface area contributed by atoms with Crippen LogP contribution in [0.1, 0.15) is 25.7 Å². The monoisotopic (exact) mass is 200 g/mol. The van der Waals surface area contributed by atoms with Crippen molar-refractivity contribution in [3.8, 4) is 0 Å². The Kier molecular flexibility index (Phi) is 4.85. The fourth-order valence-electron chi connectivity index (χ4n) is 2.10. The van der Waals surface area contributed by atoms with Gasteiger partial charge in [0.15, 0.2) is 0 Å². The van der Waals surface area contributed by atoms with Gasteiger partial charge in [-0.05, 0) is 44.7 Å². The molecule has 2 N–H and O–H groups in total. The van der Waals surface area contributed by atoms with Crippen LogP contribution in [-0.2, 0) is 4.74 Å². The maximum absolute atomic E-state index is 5.61. The third kappa shape index (κ3) is 3.95. The number of hydrogen-bond acceptors (Lipinski definition) is 3. The lowest BCUT2D eigenvalue weighted by molar-refractivity contribution is 0.171. The zero-order valence-electron chi connectivity index (χ0n) is 9.59. The van der Waals surface area contributed by atoms with Gasteiger partial charge in [0.05, 0.1) is 0 Å². The van der Waals surface area contributed by atoms with E-state index in [-0.39, 0.29) is 0 Å². The summed E-state index contributed by atoms with van der Waals surface area (Å²) in [6.45, 7) is 4.06. The number of hydrogen-bond donors (Lipinski definition) is 1. The van der Waals surface area contributed by atoms with Gasteiger partial charge < -0.3 is 15.4 Å². The fraction of sp³-hybridized carbons (Fsp3) is 1.00. The molecule has 1 saturated carbocycles. The molecule has 1 aliphatic rings. The van der Waals surface area contributed by atoms with Crippen LogP contribution in [0.4, 0.5) is 0 Å². The Labute approximate surface area is 87.6 Å². The Morgan fingerprint density at radius 2 is 2.14 bits per heavy atom. The van der Waals surface area contributed by atoms with Crippen LogP contribution in [-0.4, -0.2) is 45.3 Å². The zero-order chi connectivity index (χ0) is 10.4. The summed E-state index contributed by atoms with van der Waals surface area (Å²) in [4.78, 5) is 2.42. The van der Waals surface area contributed by atoms with Crippen molar-refractivity contribution in [1.82, 2.24) is 4.90 Å². The molecule has 14 heavy (non-hydrogen) atoms. The first-order chi connectivity index (χ1) is 6.72. The molecule has 0 atom stereocenters. The molecule has 0 aliphatic heterocycles. The van der Waals surface area contributed by atoms with Gasteiger partial charge in [0.1, 0.15) is 0 Å². The average Bonchev–Trinajstić information content (AvgIpc) is 2.86. The molecule has 0 aromatic heterocycles. The van der Waals surface area contributed by atoms with Crippen molar-refractivity contribution in [3.05, 3.63) is 0 Å². The molecule has 0 aromatic carbocycles. The van der Waals surface area contributed by atoms with Crippen LogP contribution in [0.15, 0.2) is 0 Å². The van der Waals surface area contributed by atoms with E-state index in [1.165, 1.54) is 25.8 Å². The third-order valence-corrected chi connectivity index (χ3v) is 3.13. The van der Waals surface area contributed by atoms with Crippen LogP contribution >= 0.6 is 0 Å². The molecule has 3 heteroatoms. The lowest BCUT2D eigenvalue weighted by Crippen LogP contribution is -2.29. The molecule has 3 nitrogen and oxygen atoms in total. The minimum atomic E-state index is 0.580. The highest BCUT2D eigenvalue weighted by Gasteiger charge is 2.41. The Bertz CT molecular complexity index is 157. The van der Waals surface area contributed by atoms with Crippen LogP contribution in [0.2, 0.25) is 0 Å². The Morgan fingerprint density at radius 3 is 2.64 bits per heavy atom. The van der Waals surface area contributed by atoms with Gasteiger partial charge in [0.2, 0.25) is 0 Å². The highest BCUT2D eigenvalue weighted by molar-refractivity contribution is 4.95. The number of nitrogens with two attached hydrogens (primary N) is 1.